The number of piperidine rings is 1. The maximum Gasteiger partial charge on any atom is 0.490 e. The highest BCUT2D eigenvalue weighted by molar-refractivity contribution is 7.14. The molecule has 1 amide bonds. The Kier molecular flexibility index (Phi) is 12.6. The number of likely N-dealkylation sites (tertiary alicyclic amines) is 1. The Labute approximate surface area is 257 Å². The first-order valence-corrected chi connectivity index (χ1v) is 16.7. The third-order valence-electron chi connectivity index (χ3n) is 9.43. The zero-order chi connectivity index (χ0) is 31.8. The van der Waals surface area contributed by atoms with E-state index in [-0.39, 0.29) is 11.3 Å². The van der Waals surface area contributed by atoms with Crippen LogP contribution in [-0.4, -0.2) is 60.8 Å². The minimum atomic E-state index is -5.08. The normalized spacial score (nSPS) is 25.0. The molecule has 2 saturated heterocycles. The van der Waals surface area contributed by atoms with Crippen LogP contribution < -0.4 is 15.6 Å². The lowest BCUT2D eigenvalue weighted by Crippen LogP contribution is -2.82. The lowest BCUT2D eigenvalue weighted by atomic mass is 9.68. The van der Waals surface area contributed by atoms with Gasteiger partial charge in [0, 0.05) is 19.0 Å². The molecule has 3 aliphatic rings. The SMILES string of the molecule is CC.CCC(CC)C1C[C@H](c2ccccc2)CCN1C(=O)[C@@H]1C[NH2+]C[C@]12CCCc1[nH+]c([NH2+]C)sc12.O=C(O)C(F)(F)F. The van der Waals surface area contributed by atoms with Crippen molar-refractivity contribution in [1.82, 2.24) is 4.90 Å². The predicted octanol–water partition coefficient (Wildman–Crippen LogP) is 4.02. The summed E-state index contributed by atoms with van der Waals surface area (Å²) >= 11 is 1.91. The molecule has 43 heavy (non-hydrogen) atoms. The third kappa shape index (κ3) is 7.78. The second kappa shape index (κ2) is 15.5. The molecule has 0 bridgehead atoms. The molecule has 1 aromatic heterocycles. The molecule has 2 aliphatic heterocycles. The van der Waals surface area contributed by atoms with Crippen molar-refractivity contribution in [3.05, 3.63) is 46.5 Å². The number of aromatic amines is 1. The Hall–Kier alpha value is -2.50. The van der Waals surface area contributed by atoms with Gasteiger partial charge in [-0.25, -0.2) is 4.79 Å². The van der Waals surface area contributed by atoms with Crippen molar-refractivity contribution < 1.29 is 43.5 Å². The summed E-state index contributed by atoms with van der Waals surface area (Å²) in [7, 11) is 2.11. The fraction of sp³-hybridized carbons (Fsp3) is 0.656. The largest absolute Gasteiger partial charge is 0.490 e. The van der Waals surface area contributed by atoms with Gasteiger partial charge < -0.3 is 15.3 Å². The molecule has 11 heteroatoms. The summed E-state index contributed by atoms with van der Waals surface area (Å²) in [6, 6.07) is 11.4. The van der Waals surface area contributed by atoms with Crippen LogP contribution in [0.15, 0.2) is 30.3 Å². The van der Waals surface area contributed by atoms with Gasteiger partial charge in [0.15, 0.2) is 5.69 Å². The van der Waals surface area contributed by atoms with Crippen molar-refractivity contribution in [2.75, 3.05) is 26.7 Å². The summed E-state index contributed by atoms with van der Waals surface area (Å²) in [6.45, 7) is 11.5. The van der Waals surface area contributed by atoms with E-state index in [0.29, 0.717) is 23.8 Å². The Morgan fingerprint density at radius 3 is 2.44 bits per heavy atom. The minimum absolute atomic E-state index is 0.0157. The van der Waals surface area contributed by atoms with Gasteiger partial charge in [-0.2, -0.15) is 18.2 Å². The van der Waals surface area contributed by atoms with E-state index in [1.165, 1.54) is 27.7 Å². The fourth-order valence-corrected chi connectivity index (χ4v) is 8.64. The fourth-order valence-electron chi connectivity index (χ4n) is 7.32. The lowest BCUT2D eigenvalue weighted by molar-refractivity contribution is -0.640. The number of thiazole rings is 1. The Balaban J connectivity index is 0.000000496. The monoisotopic (exact) mass is 627 g/mol. The highest BCUT2D eigenvalue weighted by Crippen LogP contribution is 2.47. The van der Waals surface area contributed by atoms with Crippen LogP contribution in [-0.2, 0) is 21.4 Å². The van der Waals surface area contributed by atoms with Gasteiger partial charge in [0.2, 0.25) is 5.91 Å². The van der Waals surface area contributed by atoms with E-state index in [1.807, 2.05) is 25.2 Å². The zero-order valence-corrected chi connectivity index (χ0v) is 27.0. The minimum Gasteiger partial charge on any atom is -0.475 e. The van der Waals surface area contributed by atoms with Gasteiger partial charge in [-0.05, 0) is 54.4 Å². The van der Waals surface area contributed by atoms with Crippen molar-refractivity contribution >= 4 is 28.3 Å². The number of hydrogen-bond acceptors (Lipinski definition) is 3. The zero-order valence-electron chi connectivity index (χ0n) is 26.2. The van der Waals surface area contributed by atoms with Gasteiger partial charge in [-0.15, -0.1) is 0 Å². The van der Waals surface area contributed by atoms with Crippen molar-refractivity contribution in [3.63, 3.8) is 0 Å². The smallest absolute Gasteiger partial charge is 0.475 e. The molecule has 0 radical (unpaired) electrons. The number of carboxylic acids is 1. The number of H-pyrrole nitrogens is 1. The number of nitrogens with two attached hydrogens (primary N) is 2. The summed E-state index contributed by atoms with van der Waals surface area (Å²) < 4.78 is 31.7. The van der Waals surface area contributed by atoms with Crippen LogP contribution in [0, 0.1) is 11.8 Å². The summed E-state index contributed by atoms with van der Waals surface area (Å²) in [6.07, 6.45) is 2.87. The van der Waals surface area contributed by atoms with Gasteiger partial charge in [0.1, 0.15) is 5.92 Å². The number of carbonyl (C=O) groups excluding carboxylic acids is 1. The molecular formula is C32H50F3N4O3S+3. The van der Waals surface area contributed by atoms with Gasteiger partial charge in [0.25, 0.3) is 0 Å². The molecule has 3 heterocycles. The number of halogens is 3. The number of alkyl halides is 3. The molecule has 4 atom stereocenters. The van der Waals surface area contributed by atoms with Crippen molar-refractivity contribution in [2.45, 2.75) is 96.2 Å². The van der Waals surface area contributed by atoms with Crippen LogP contribution in [0.3, 0.4) is 0 Å². The molecule has 1 aromatic carbocycles. The molecular weight excluding hydrogens is 577 g/mol. The number of amides is 1. The number of benzene rings is 1. The van der Waals surface area contributed by atoms with Crippen LogP contribution in [0.1, 0.15) is 88.3 Å². The third-order valence-corrected chi connectivity index (χ3v) is 10.8. The van der Waals surface area contributed by atoms with Crippen molar-refractivity contribution in [3.8, 4) is 0 Å². The van der Waals surface area contributed by atoms with Gasteiger partial charge >= 0.3 is 17.3 Å². The number of fused-ring (bicyclic) bond motifs is 2. The first kappa shape index (κ1) is 35.0. The number of carbonyl (C=O) groups is 2. The number of quaternary nitrogens is 2. The number of aliphatic carboxylic acids is 1. The number of nitrogens with one attached hydrogen (secondary N) is 1. The molecule has 2 aromatic rings. The van der Waals surface area contributed by atoms with E-state index >= 15 is 0 Å². The highest BCUT2D eigenvalue weighted by Gasteiger charge is 2.58. The molecule has 1 aliphatic carbocycles. The van der Waals surface area contributed by atoms with Gasteiger partial charge in [0.05, 0.1) is 30.4 Å². The number of aromatic nitrogens is 1. The number of rotatable bonds is 6. The molecule has 0 saturated carbocycles. The maximum atomic E-state index is 14.4. The number of hydrogen-bond donors (Lipinski definition) is 3. The number of carboxylic acid groups (broad SMARTS) is 1. The van der Waals surface area contributed by atoms with Crippen LogP contribution in [0.25, 0.3) is 0 Å². The van der Waals surface area contributed by atoms with E-state index < -0.39 is 12.1 Å². The average molecular weight is 628 g/mol. The number of aryl methyl sites for hydroxylation is 1. The van der Waals surface area contributed by atoms with Crippen LogP contribution in [0.5, 0.6) is 0 Å². The number of nitrogens with zero attached hydrogens (tertiary/aromatic N) is 1. The Morgan fingerprint density at radius 2 is 1.86 bits per heavy atom. The van der Waals surface area contributed by atoms with E-state index in [2.05, 4.69) is 71.7 Å². The van der Waals surface area contributed by atoms with Gasteiger partial charge in [-0.3, -0.25) is 10.1 Å². The van der Waals surface area contributed by atoms with E-state index in [4.69, 9.17) is 9.90 Å². The van der Waals surface area contributed by atoms with E-state index in [0.717, 1.165) is 58.2 Å². The van der Waals surface area contributed by atoms with Crippen molar-refractivity contribution in [1.29, 1.82) is 0 Å². The quantitative estimate of drug-likeness (QED) is 0.451. The molecule has 7 nitrogen and oxygen atoms in total. The second-order valence-corrected chi connectivity index (χ2v) is 12.6. The molecule has 2 fully saturated rings. The second-order valence-electron chi connectivity index (χ2n) is 11.6. The Bertz CT molecular complexity index is 1190. The summed E-state index contributed by atoms with van der Waals surface area (Å²) in [4.78, 5) is 30.9. The highest BCUT2D eigenvalue weighted by atomic mass is 32.1. The summed E-state index contributed by atoms with van der Waals surface area (Å²) in [5.41, 5.74) is 2.87. The summed E-state index contributed by atoms with van der Waals surface area (Å²) in [5.74, 6) is -1.06. The standard InChI is InChI=1S/C28H40N4OS.C2HF3O2.C2H6/c1-4-19(5-2)24-16-21(20-10-7-6-8-11-20)13-15-32(24)26(33)22-17-30-18-28(22)14-9-12-23-25(28)34-27(29-3)31-23;3-2(4,5)1(6)7;1-2/h6-8,10-11,19,21-22,24,30H,4-5,9,12-18H2,1-3H3,(H,29,31);(H,6,7);1-2H3/p+3/t21-,22+,24?,28-;;/m1../s1. The predicted molar refractivity (Wildman–Crippen MR) is 161 cm³/mol. The van der Waals surface area contributed by atoms with Crippen molar-refractivity contribution in [2.24, 2.45) is 11.8 Å². The summed E-state index contributed by atoms with van der Waals surface area (Å²) in [5, 5.41) is 13.0. The van der Waals surface area contributed by atoms with E-state index in [1.54, 1.807) is 0 Å². The van der Waals surface area contributed by atoms with Crippen LogP contribution >= 0.6 is 11.3 Å². The molecule has 1 unspecified atom stereocenters. The molecule has 6 N–H and O–H groups in total. The molecule has 5 rings (SSSR count). The van der Waals surface area contributed by atoms with E-state index in [9.17, 15) is 18.0 Å². The topological polar surface area (TPSA) is 105 Å². The molecule has 240 valence electrons. The average Bonchev–Trinajstić information content (AvgIpc) is 3.64. The van der Waals surface area contributed by atoms with Crippen LogP contribution in [0.2, 0.25) is 0 Å². The van der Waals surface area contributed by atoms with Crippen LogP contribution in [0.4, 0.5) is 18.3 Å². The van der Waals surface area contributed by atoms with Gasteiger partial charge in [-0.1, -0.05) is 70.9 Å². The first-order valence-electron chi connectivity index (χ1n) is 15.9. The first-order chi connectivity index (χ1) is 20.6. The molecule has 1 spiro atoms. The Morgan fingerprint density at radius 1 is 1.21 bits per heavy atom. The lowest BCUT2D eigenvalue weighted by Gasteiger charge is -2.45. The maximum absolute atomic E-state index is 14.4.